The Balaban J connectivity index is 2.28. The van der Waals surface area contributed by atoms with Crippen molar-refractivity contribution in [3.63, 3.8) is 0 Å². The molecule has 2 rings (SSSR count). The SMILES string of the molecule is CC(C)OCC(=NO)c1ccc2ccccc2c1. The number of fused-ring (bicyclic) bond motifs is 1. The first-order chi connectivity index (χ1) is 8.70. The Morgan fingerprint density at radius 2 is 1.89 bits per heavy atom. The van der Waals surface area contributed by atoms with Crippen LogP contribution in [0, 0.1) is 0 Å². The molecular formula is C15H17NO2. The standard InChI is InChI=1S/C15H17NO2/c1-11(2)18-10-15(16-17)14-8-7-12-5-3-4-6-13(12)9-14/h3-9,11,17H,10H2,1-2H3. The smallest absolute Gasteiger partial charge is 0.112 e. The summed E-state index contributed by atoms with van der Waals surface area (Å²) in [5, 5.41) is 14.7. The summed E-state index contributed by atoms with van der Waals surface area (Å²) in [6.07, 6.45) is 0.113. The van der Waals surface area contributed by atoms with Gasteiger partial charge in [0.15, 0.2) is 0 Å². The normalized spacial score (nSPS) is 12.3. The number of ether oxygens (including phenoxy) is 1. The Bertz CT molecular complexity index is 561. The van der Waals surface area contributed by atoms with Gasteiger partial charge in [-0.3, -0.25) is 0 Å². The molecule has 18 heavy (non-hydrogen) atoms. The minimum absolute atomic E-state index is 0.113. The van der Waals surface area contributed by atoms with E-state index < -0.39 is 0 Å². The van der Waals surface area contributed by atoms with E-state index >= 15 is 0 Å². The summed E-state index contributed by atoms with van der Waals surface area (Å²) in [7, 11) is 0. The first kappa shape index (κ1) is 12.6. The molecule has 0 atom stereocenters. The highest BCUT2D eigenvalue weighted by Crippen LogP contribution is 2.16. The van der Waals surface area contributed by atoms with E-state index in [1.165, 1.54) is 5.39 Å². The first-order valence-corrected chi connectivity index (χ1v) is 6.02. The van der Waals surface area contributed by atoms with E-state index in [4.69, 9.17) is 9.94 Å². The maximum atomic E-state index is 9.07. The molecule has 2 aromatic rings. The number of benzene rings is 2. The number of hydrogen-bond acceptors (Lipinski definition) is 3. The molecule has 3 heteroatoms. The molecule has 0 saturated heterocycles. The molecule has 94 valence electrons. The van der Waals surface area contributed by atoms with Crippen LogP contribution in [0.1, 0.15) is 19.4 Å². The second-order valence-corrected chi connectivity index (χ2v) is 4.47. The van der Waals surface area contributed by atoms with Gasteiger partial charge < -0.3 is 9.94 Å². The van der Waals surface area contributed by atoms with Crippen LogP contribution in [0.2, 0.25) is 0 Å². The molecule has 3 nitrogen and oxygen atoms in total. The Hall–Kier alpha value is -1.87. The highest BCUT2D eigenvalue weighted by Gasteiger charge is 2.07. The van der Waals surface area contributed by atoms with Crippen molar-refractivity contribution in [2.75, 3.05) is 6.61 Å². The monoisotopic (exact) mass is 243 g/mol. The van der Waals surface area contributed by atoms with Crippen molar-refractivity contribution in [1.29, 1.82) is 0 Å². The fourth-order valence-corrected chi connectivity index (χ4v) is 1.78. The molecule has 2 aromatic carbocycles. The van der Waals surface area contributed by atoms with Gasteiger partial charge in [0.05, 0.1) is 12.7 Å². The van der Waals surface area contributed by atoms with Gasteiger partial charge in [-0.15, -0.1) is 0 Å². The van der Waals surface area contributed by atoms with E-state index in [0.717, 1.165) is 10.9 Å². The van der Waals surface area contributed by atoms with Crippen LogP contribution in [-0.2, 0) is 4.74 Å². The third-order valence-electron chi connectivity index (χ3n) is 2.76. The van der Waals surface area contributed by atoms with Crippen molar-refractivity contribution in [3.8, 4) is 0 Å². The van der Waals surface area contributed by atoms with E-state index in [1.807, 2.05) is 50.2 Å². The maximum absolute atomic E-state index is 9.07. The van der Waals surface area contributed by atoms with Crippen LogP contribution < -0.4 is 0 Å². The van der Waals surface area contributed by atoms with Crippen LogP contribution >= 0.6 is 0 Å². The highest BCUT2D eigenvalue weighted by molar-refractivity contribution is 6.04. The molecule has 0 aliphatic heterocycles. The molecular weight excluding hydrogens is 226 g/mol. The summed E-state index contributed by atoms with van der Waals surface area (Å²) in [4.78, 5) is 0. The molecule has 1 N–H and O–H groups in total. The summed E-state index contributed by atoms with van der Waals surface area (Å²) in [5.74, 6) is 0. The largest absolute Gasteiger partial charge is 0.411 e. The summed E-state index contributed by atoms with van der Waals surface area (Å²) in [5.41, 5.74) is 1.44. The zero-order chi connectivity index (χ0) is 13.0. The predicted octanol–water partition coefficient (Wildman–Crippen LogP) is 3.44. The molecule has 0 saturated carbocycles. The van der Waals surface area contributed by atoms with E-state index in [-0.39, 0.29) is 6.10 Å². The summed E-state index contributed by atoms with van der Waals surface area (Å²) in [6, 6.07) is 14.1. The van der Waals surface area contributed by atoms with Crippen molar-refractivity contribution >= 4 is 16.5 Å². The number of nitrogens with zero attached hydrogens (tertiary/aromatic N) is 1. The molecule has 0 aliphatic carbocycles. The fourth-order valence-electron chi connectivity index (χ4n) is 1.78. The van der Waals surface area contributed by atoms with Gasteiger partial charge in [-0.05, 0) is 30.7 Å². The molecule has 0 heterocycles. The summed E-state index contributed by atoms with van der Waals surface area (Å²) < 4.78 is 5.47. The Kier molecular flexibility index (Phi) is 3.95. The minimum Gasteiger partial charge on any atom is -0.411 e. The Morgan fingerprint density at radius 1 is 1.17 bits per heavy atom. The molecule has 0 radical (unpaired) electrons. The van der Waals surface area contributed by atoms with Crippen molar-refractivity contribution in [3.05, 3.63) is 48.0 Å². The van der Waals surface area contributed by atoms with Gasteiger partial charge in [0, 0.05) is 5.56 Å². The van der Waals surface area contributed by atoms with Gasteiger partial charge in [0.1, 0.15) is 5.71 Å². The topological polar surface area (TPSA) is 41.8 Å². The van der Waals surface area contributed by atoms with Gasteiger partial charge in [-0.1, -0.05) is 41.6 Å². The van der Waals surface area contributed by atoms with Gasteiger partial charge in [-0.25, -0.2) is 0 Å². The van der Waals surface area contributed by atoms with Gasteiger partial charge in [-0.2, -0.15) is 0 Å². The molecule has 0 bridgehead atoms. The molecule has 0 aromatic heterocycles. The predicted molar refractivity (Wildman–Crippen MR) is 73.4 cm³/mol. The second-order valence-electron chi connectivity index (χ2n) is 4.47. The van der Waals surface area contributed by atoms with Crippen molar-refractivity contribution in [2.45, 2.75) is 20.0 Å². The van der Waals surface area contributed by atoms with Crippen molar-refractivity contribution < 1.29 is 9.94 Å². The van der Waals surface area contributed by atoms with E-state index in [9.17, 15) is 0 Å². The van der Waals surface area contributed by atoms with Crippen molar-refractivity contribution in [2.24, 2.45) is 5.16 Å². The van der Waals surface area contributed by atoms with Gasteiger partial charge >= 0.3 is 0 Å². The average Bonchev–Trinajstić information content (AvgIpc) is 2.39. The third-order valence-corrected chi connectivity index (χ3v) is 2.76. The molecule has 0 fully saturated rings. The average molecular weight is 243 g/mol. The first-order valence-electron chi connectivity index (χ1n) is 6.02. The van der Waals surface area contributed by atoms with Crippen LogP contribution in [-0.4, -0.2) is 23.6 Å². The molecule has 0 spiro atoms. The number of hydrogen-bond donors (Lipinski definition) is 1. The van der Waals surface area contributed by atoms with E-state index in [2.05, 4.69) is 11.2 Å². The lowest BCUT2D eigenvalue weighted by atomic mass is 10.0. The zero-order valence-corrected chi connectivity index (χ0v) is 10.6. The fraction of sp³-hybridized carbons (Fsp3) is 0.267. The van der Waals surface area contributed by atoms with Crippen molar-refractivity contribution in [1.82, 2.24) is 0 Å². The van der Waals surface area contributed by atoms with Crippen LogP contribution in [0.5, 0.6) is 0 Å². The van der Waals surface area contributed by atoms with E-state index in [0.29, 0.717) is 12.3 Å². The lowest BCUT2D eigenvalue weighted by Crippen LogP contribution is -2.14. The lowest BCUT2D eigenvalue weighted by Gasteiger charge is -2.09. The van der Waals surface area contributed by atoms with Gasteiger partial charge in [0.2, 0.25) is 0 Å². The van der Waals surface area contributed by atoms with Gasteiger partial charge in [0.25, 0.3) is 0 Å². The Labute approximate surface area is 107 Å². The summed E-state index contributed by atoms with van der Waals surface area (Å²) in [6.45, 7) is 4.22. The summed E-state index contributed by atoms with van der Waals surface area (Å²) >= 11 is 0. The zero-order valence-electron chi connectivity index (χ0n) is 10.6. The molecule has 0 amide bonds. The second kappa shape index (κ2) is 5.65. The van der Waals surface area contributed by atoms with E-state index in [1.54, 1.807) is 0 Å². The van der Waals surface area contributed by atoms with Crippen LogP contribution in [0.4, 0.5) is 0 Å². The third kappa shape index (κ3) is 2.87. The molecule has 0 aliphatic rings. The minimum atomic E-state index is 0.113. The highest BCUT2D eigenvalue weighted by atomic mass is 16.5. The number of rotatable bonds is 4. The lowest BCUT2D eigenvalue weighted by molar-refractivity contribution is 0.109. The van der Waals surface area contributed by atoms with Crippen LogP contribution in [0.3, 0.4) is 0 Å². The number of oxime groups is 1. The van der Waals surface area contributed by atoms with Crippen LogP contribution in [0.25, 0.3) is 10.8 Å². The van der Waals surface area contributed by atoms with Crippen LogP contribution in [0.15, 0.2) is 47.6 Å². The maximum Gasteiger partial charge on any atom is 0.112 e. The molecule has 0 unspecified atom stereocenters. The quantitative estimate of drug-likeness (QED) is 0.507. The Morgan fingerprint density at radius 3 is 2.56 bits per heavy atom.